The van der Waals surface area contributed by atoms with Crippen molar-refractivity contribution in [2.24, 2.45) is 0 Å². The molecule has 0 spiro atoms. The molecular weight excluding hydrogens is 271 g/mol. The Bertz CT molecular complexity index is 617. The van der Waals surface area contributed by atoms with E-state index >= 15 is 0 Å². The van der Waals surface area contributed by atoms with Crippen LogP contribution in [0.15, 0.2) is 24.3 Å². The number of nitrogens with zero attached hydrogens (tertiary/aromatic N) is 3. The fraction of sp³-hybridized carbons (Fsp3) is 0.400. The van der Waals surface area contributed by atoms with Gasteiger partial charge in [0.15, 0.2) is 0 Å². The molecule has 0 saturated heterocycles. The summed E-state index contributed by atoms with van der Waals surface area (Å²) in [4.78, 5) is 16.3. The molecule has 112 valence electrons. The molecule has 1 heterocycles. The molecule has 0 aliphatic heterocycles. The van der Waals surface area contributed by atoms with Gasteiger partial charge in [-0.1, -0.05) is 13.8 Å². The maximum atomic E-state index is 12.9. The van der Waals surface area contributed by atoms with Gasteiger partial charge in [-0.2, -0.15) is 0 Å². The van der Waals surface area contributed by atoms with E-state index in [1.54, 1.807) is 19.1 Å². The van der Waals surface area contributed by atoms with Crippen LogP contribution in [0, 0.1) is 12.7 Å². The van der Waals surface area contributed by atoms with Gasteiger partial charge in [0, 0.05) is 6.04 Å². The van der Waals surface area contributed by atoms with Crippen molar-refractivity contribution < 1.29 is 9.18 Å². The summed E-state index contributed by atoms with van der Waals surface area (Å²) in [7, 11) is 0. The number of carbonyl (C=O) groups excluding carboxylic acids is 1. The van der Waals surface area contributed by atoms with E-state index in [9.17, 15) is 9.18 Å². The van der Waals surface area contributed by atoms with Gasteiger partial charge in [0.25, 0.3) is 5.91 Å². The van der Waals surface area contributed by atoms with Crippen molar-refractivity contribution in [2.75, 3.05) is 0 Å². The zero-order chi connectivity index (χ0) is 15.4. The molecule has 0 fully saturated rings. The first-order valence-electron chi connectivity index (χ1n) is 7.05. The van der Waals surface area contributed by atoms with Crippen LogP contribution in [-0.2, 0) is 0 Å². The van der Waals surface area contributed by atoms with Gasteiger partial charge in [0.05, 0.1) is 5.69 Å². The predicted octanol–water partition coefficient (Wildman–Crippen LogP) is 2.63. The summed E-state index contributed by atoms with van der Waals surface area (Å²) in [5, 5.41) is 7.10. The molecule has 21 heavy (non-hydrogen) atoms. The number of hydrogen-bond acceptors (Lipinski definition) is 3. The number of carbonyl (C=O) groups is 1. The lowest BCUT2D eigenvalue weighted by Gasteiger charge is -2.12. The van der Waals surface area contributed by atoms with Crippen molar-refractivity contribution in [3.05, 3.63) is 41.7 Å². The van der Waals surface area contributed by atoms with Gasteiger partial charge in [0.2, 0.25) is 5.82 Å². The maximum absolute atomic E-state index is 12.9. The number of rotatable bonds is 5. The Kier molecular flexibility index (Phi) is 4.67. The third kappa shape index (κ3) is 3.45. The van der Waals surface area contributed by atoms with Crippen LogP contribution in [0.3, 0.4) is 0 Å². The van der Waals surface area contributed by atoms with Gasteiger partial charge in [-0.15, -0.1) is 5.10 Å². The van der Waals surface area contributed by atoms with E-state index in [2.05, 4.69) is 15.4 Å². The molecule has 1 N–H and O–H groups in total. The van der Waals surface area contributed by atoms with Crippen LogP contribution in [0.2, 0.25) is 0 Å². The van der Waals surface area contributed by atoms with Crippen molar-refractivity contribution in [1.29, 1.82) is 0 Å². The summed E-state index contributed by atoms with van der Waals surface area (Å²) in [6.07, 6.45) is 1.72. The summed E-state index contributed by atoms with van der Waals surface area (Å²) in [5.74, 6) is 0.107. The Hall–Kier alpha value is -2.24. The number of hydrogen-bond donors (Lipinski definition) is 1. The highest BCUT2D eigenvalue weighted by molar-refractivity contribution is 5.90. The second kappa shape index (κ2) is 6.47. The first-order valence-corrected chi connectivity index (χ1v) is 7.05. The Balaban J connectivity index is 2.22. The van der Waals surface area contributed by atoms with Gasteiger partial charge in [-0.3, -0.25) is 4.79 Å². The number of nitrogens with one attached hydrogen (secondary N) is 1. The maximum Gasteiger partial charge on any atom is 0.291 e. The van der Waals surface area contributed by atoms with Crippen LogP contribution >= 0.6 is 0 Å². The van der Waals surface area contributed by atoms with Crippen LogP contribution in [0.25, 0.3) is 5.69 Å². The quantitative estimate of drug-likeness (QED) is 0.921. The first kappa shape index (κ1) is 15.2. The van der Waals surface area contributed by atoms with Crippen LogP contribution in [0.4, 0.5) is 4.39 Å². The minimum atomic E-state index is -0.316. The molecule has 0 unspecified atom stereocenters. The second-order valence-electron chi connectivity index (χ2n) is 4.86. The highest BCUT2D eigenvalue weighted by Crippen LogP contribution is 2.11. The summed E-state index contributed by atoms with van der Waals surface area (Å²) in [6.45, 7) is 5.79. The van der Waals surface area contributed by atoms with Crippen molar-refractivity contribution in [2.45, 2.75) is 39.7 Å². The van der Waals surface area contributed by atoms with Crippen LogP contribution in [0.1, 0.15) is 43.1 Å². The SMILES string of the molecule is CCC(CC)NC(=O)c1nc(C)n(-c2ccc(F)cc2)n1. The molecule has 1 aromatic carbocycles. The Morgan fingerprint density at radius 1 is 1.29 bits per heavy atom. The molecule has 2 rings (SSSR count). The van der Waals surface area contributed by atoms with Gasteiger partial charge in [-0.25, -0.2) is 14.1 Å². The topological polar surface area (TPSA) is 59.8 Å². The molecule has 1 amide bonds. The van der Waals surface area contributed by atoms with Crippen LogP contribution in [-0.4, -0.2) is 26.7 Å². The van der Waals surface area contributed by atoms with E-state index in [0.29, 0.717) is 11.5 Å². The highest BCUT2D eigenvalue weighted by atomic mass is 19.1. The molecule has 6 heteroatoms. The summed E-state index contributed by atoms with van der Waals surface area (Å²) in [5.41, 5.74) is 0.669. The second-order valence-corrected chi connectivity index (χ2v) is 4.86. The average molecular weight is 290 g/mol. The first-order chi connectivity index (χ1) is 10.0. The molecule has 2 aromatic rings. The Morgan fingerprint density at radius 3 is 2.48 bits per heavy atom. The van der Waals surface area contributed by atoms with Gasteiger partial charge < -0.3 is 5.32 Å². The Morgan fingerprint density at radius 2 is 1.90 bits per heavy atom. The largest absolute Gasteiger partial charge is 0.347 e. The summed E-state index contributed by atoms with van der Waals surface area (Å²) >= 11 is 0. The van der Waals surface area contributed by atoms with Gasteiger partial charge in [0.1, 0.15) is 11.6 Å². The summed E-state index contributed by atoms with van der Waals surface area (Å²) < 4.78 is 14.5. The number of aryl methyl sites for hydroxylation is 1. The predicted molar refractivity (Wildman–Crippen MR) is 77.9 cm³/mol. The smallest absolute Gasteiger partial charge is 0.291 e. The van der Waals surface area contributed by atoms with E-state index in [4.69, 9.17) is 0 Å². The third-order valence-corrected chi connectivity index (χ3v) is 3.36. The van der Waals surface area contributed by atoms with Crippen molar-refractivity contribution in [3.8, 4) is 5.69 Å². The highest BCUT2D eigenvalue weighted by Gasteiger charge is 2.17. The van der Waals surface area contributed by atoms with Crippen LogP contribution in [0.5, 0.6) is 0 Å². The monoisotopic (exact) mass is 290 g/mol. The van der Waals surface area contributed by atoms with Crippen molar-refractivity contribution in [3.63, 3.8) is 0 Å². The molecular formula is C15H19FN4O. The number of aromatic nitrogens is 3. The molecule has 1 aromatic heterocycles. The number of benzene rings is 1. The zero-order valence-electron chi connectivity index (χ0n) is 12.4. The summed E-state index contributed by atoms with van der Waals surface area (Å²) in [6, 6.07) is 6.01. The number of halogens is 1. The van der Waals surface area contributed by atoms with Crippen LogP contribution < -0.4 is 5.32 Å². The fourth-order valence-electron chi connectivity index (χ4n) is 2.06. The molecule has 0 radical (unpaired) electrons. The van der Waals surface area contributed by atoms with Gasteiger partial charge >= 0.3 is 0 Å². The average Bonchev–Trinajstić information content (AvgIpc) is 2.87. The zero-order valence-corrected chi connectivity index (χ0v) is 12.4. The lowest BCUT2D eigenvalue weighted by atomic mass is 10.2. The normalized spacial score (nSPS) is 10.9. The minimum absolute atomic E-state index is 0.121. The molecule has 0 bridgehead atoms. The van der Waals surface area contributed by atoms with E-state index in [1.165, 1.54) is 16.8 Å². The molecule has 0 saturated carbocycles. The van der Waals surface area contributed by atoms with Crippen molar-refractivity contribution >= 4 is 5.91 Å². The van der Waals surface area contributed by atoms with Gasteiger partial charge in [-0.05, 0) is 44.0 Å². The molecule has 0 aliphatic rings. The van der Waals surface area contributed by atoms with Crippen molar-refractivity contribution in [1.82, 2.24) is 20.1 Å². The Labute approximate surface area is 123 Å². The fourth-order valence-corrected chi connectivity index (χ4v) is 2.06. The van der Waals surface area contributed by atoms with E-state index in [1.807, 2.05) is 13.8 Å². The lowest BCUT2D eigenvalue weighted by Crippen LogP contribution is -2.34. The third-order valence-electron chi connectivity index (χ3n) is 3.36. The molecule has 0 aliphatic carbocycles. The minimum Gasteiger partial charge on any atom is -0.347 e. The standard InChI is InChI=1S/C15H19FN4O/c1-4-12(5-2)18-15(21)14-17-10(3)20(19-14)13-8-6-11(16)7-9-13/h6-9,12H,4-5H2,1-3H3,(H,18,21). The molecule has 0 atom stereocenters. The number of amides is 1. The van der Waals surface area contributed by atoms with E-state index in [-0.39, 0.29) is 23.6 Å². The molecule has 5 nitrogen and oxygen atoms in total. The van der Waals surface area contributed by atoms with E-state index < -0.39 is 0 Å². The lowest BCUT2D eigenvalue weighted by molar-refractivity contribution is 0.0924. The van der Waals surface area contributed by atoms with E-state index in [0.717, 1.165) is 12.8 Å².